The standard InChI is InChI=1S/C21H25N3O2S/c1-4-23(5-2)14-15-24(20(25)16-10-12-17(26-3)13-11-16)21-22-18-8-6-7-9-19(18)27-21/h6-13H,4-5,14-15H2,1-3H3. The maximum Gasteiger partial charge on any atom is 0.260 e. The fraction of sp³-hybridized carbons (Fsp3) is 0.333. The van der Waals surface area contributed by atoms with Gasteiger partial charge in [-0.05, 0) is 49.5 Å². The first-order valence-corrected chi connectivity index (χ1v) is 10.0. The number of rotatable bonds is 8. The van der Waals surface area contributed by atoms with Crippen LogP contribution in [0.1, 0.15) is 24.2 Å². The highest BCUT2D eigenvalue weighted by Gasteiger charge is 2.21. The third kappa shape index (κ3) is 4.46. The highest BCUT2D eigenvalue weighted by Crippen LogP contribution is 2.29. The van der Waals surface area contributed by atoms with Crippen LogP contribution in [0.4, 0.5) is 5.13 Å². The van der Waals surface area contributed by atoms with Crippen molar-refractivity contribution in [2.24, 2.45) is 0 Å². The van der Waals surface area contributed by atoms with Gasteiger partial charge >= 0.3 is 0 Å². The number of thiazole rings is 1. The number of amides is 1. The summed E-state index contributed by atoms with van der Waals surface area (Å²) in [6, 6.07) is 15.2. The summed E-state index contributed by atoms with van der Waals surface area (Å²) < 4.78 is 6.29. The minimum absolute atomic E-state index is 0.0381. The Bertz CT molecular complexity index is 855. The molecule has 0 bridgehead atoms. The number of carbonyl (C=O) groups excluding carboxylic acids is 1. The van der Waals surface area contributed by atoms with Crippen LogP contribution < -0.4 is 9.64 Å². The molecule has 1 amide bonds. The van der Waals surface area contributed by atoms with E-state index in [9.17, 15) is 4.79 Å². The van der Waals surface area contributed by atoms with Crippen LogP contribution in [0.5, 0.6) is 5.75 Å². The number of carbonyl (C=O) groups is 1. The zero-order chi connectivity index (χ0) is 19.2. The number of fused-ring (bicyclic) bond motifs is 1. The number of nitrogens with zero attached hydrogens (tertiary/aromatic N) is 3. The average molecular weight is 384 g/mol. The molecule has 6 heteroatoms. The third-order valence-electron chi connectivity index (χ3n) is 4.63. The van der Waals surface area contributed by atoms with E-state index in [1.165, 1.54) is 0 Å². The topological polar surface area (TPSA) is 45.7 Å². The molecule has 3 rings (SSSR count). The predicted octanol–water partition coefficient (Wildman–Crippen LogP) is 4.29. The van der Waals surface area contributed by atoms with E-state index in [0.29, 0.717) is 12.1 Å². The van der Waals surface area contributed by atoms with Crippen molar-refractivity contribution < 1.29 is 9.53 Å². The van der Waals surface area contributed by atoms with Crippen molar-refractivity contribution in [3.05, 3.63) is 54.1 Å². The lowest BCUT2D eigenvalue weighted by Crippen LogP contribution is -2.38. The van der Waals surface area contributed by atoms with Crippen molar-refractivity contribution in [3.8, 4) is 5.75 Å². The van der Waals surface area contributed by atoms with Crippen LogP contribution in [0.2, 0.25) is 0 Å². The lowest BCUT2D eigenvalue weighted by atomic mass is 10.2. The molecule has 0 atom stereocenters. The normalized spacial score (nSPS) is 11.1. The van der Waals surface area contributed by atoms with E-state index in [4.69, 9.17) is 9.72 Å². The van der Waals surface area contributed by atoms with Crippen LogP contribution in [-0.2, 0) is 0 Å². The smallest absolute Gasteiger partial charge is 0.260 e. The van der Waals surface area contributed by atoms with Crippen molar-refractivity contribution in [2.75, 3.05) is 38.2 Å². The van der Waals surface area contributed by atoms with Gasteiger partial charge in [-0.25, -0.2) is 4.98 Å². The molecule has 1 aromatic heterocycles. The maximum absolute atomic E-state index is 13.2. The molecule has 2 aromatic carbocycles. The summed E-state index contributed by atoms with van der Waals surface area (Å²) in [6.07, 6.45) is 0. The van der Waals surface area contributed by atoms with Gasteiger partial charge in [0.05, 0.1) is 17.3 Å². The summed E-state index contributed by atoms with van der Waals surface area (Å²) in [6.45, 7) is 7.60. The Hall–Kier alpha value is -2.44. The first kappa shape index (κ1) is 19.3. The van der Waals surface area contributed by atoms with Gasteiger partial charge in [0.1, 0.15) is 5.75 Å². The zero-order valence-electron chi connectivity index (χ0n) is 16.0. The number of anilines is 1. The Labute approximate surface area is 164 Å². The van der Waals surface area contributed by atoms with E-state index in [1.54, 1.807) is 35.5 Å². The second-order valence-corrected chi connectivity index (χ2v) is 7.19. The number of hydrogen-bond donors (Lipinski definition) is 0. The van der Waals surface area contributed by atoms with Gasteiger partial charge in [-0.2, -0.15) is 0 Å². The van der Waals surface area contributed by atoms with Crippen molar-refractivity contribution in [3.63, 3.8) is 0 Å². The van der Waals surface area contributed by atoms with Crippen LogP contribution in [0.25, 0.3) is 10.2 Å². The molecule has 3 aromatic rings. The molecular weight excluding hydrogens is 358 g/mol. The van der Waals surface area contributed by atoms with E-state index in [1.807, 2.05) is 36.4 Å². The summed E-state index contributed by atoms with van der Waals surface area (Å²) in [5.74, 6) is 0.699. The van der Waals surface area contributed by atoms with Crippen molar-refractivity contribution in [1.29, 1.82) is 0 Å². The van der Waals surface area contributed by atoms with Crippen molar-refractivity contribution in [1.82, 2.24) is 9.88 Å². The van der Waals surface area contributed by atoms with Gasteiger partial charge in [0, 0.05) is 18.7 Å². The number of ether oxygens (including phenoxy) is 1. The molecule has 5 nitrogen and oxygen atoms in total. The fourth-order valence-corrected chi connectivity index (χ4v) is 3.92. The van der Waals surface area contributed by atoms with Crippen molar-refractivity contribution in [2.45, 2.75) is 13.8 Å². The molecule has 0 radical (unpaired) electrons. The zero-order valence-corrected chi connectivity index (χ0v) is 16.8. The quantitative estimate of drug-likeness (QED) is 0.582. The van der Waals surface area contributed by atoms with Gasteiger partial charge in [0.25, 0.3) is 5.91 Å². The molecule has 0 aliphatic heterocycles. The van der Waals surface area contributed by atoms with Crippen molar-refractivity contribution >= 4 is 32.6 Å². The third-order valence-corrected chi connectivity index (χ3v) is 5.69. The van der Waals surface area contributed by atoms with Gasteiger partial charge in [0.2, 0.25) is 0 Å². The van der Waals surface area contributed by atoms with Crippen LogP contribution in [0, 0.1) is 0 Å². The number of benzene rings is 2. The number of methoxy groups -OCH3 is 1. The number of likely N-dealkylation sites (N-methyl/N-ethyl adjacent to an activating group) is 1. The Morgan fingerprint density at radius 1 is 1.04 bits per heavy atom. The minimum Gasteiger partial charge on any atom is -0.497 e. The number of hydrogen-bond acceptors (Lipinski definition) is 5. The molecule has 0 aliphatic carbocycles. The molecule has 0 N–H and O–H groups in total. The van der Waals surface area contributed by atoms with Crippen LogP contribution in [0.3, 0.4) is 0 Å². The Morgan fingerprint density at radius 2 is 1.74 bits per heavy atom. The highest BCUT2D eigenvalue weighted by molar-refractivity contribution is 7.22. The van der Waals surface area contributed by atoms with E-state index in [-0.39, 0.29) is 5.91 Å². The van der Waals surface area contributed by atoms with Gasteiger partial charge in [-0.3, -0.25) is 9.69 Å². The molecule has 142 valence electrons. The first-order chi connectivity index (χ1) is 13.2. The highest BCUT2D eigenvalue weighted by atomic mass is 32.1. The second kappa shape index (κ2) is 8.97. The number of aromatic nitrogens is 1. The number of para-hydroxylation sites is 1. The van der Waals surface area contributed by atoms with E-state index in [2.05, 4.69) is 18.7 Å². The summed E-state index contributed by atoms with van der Waals surface area (Å²) in [5.41, 5.74) is 1.56. The van der Waals surface area contributed by atoms with E-state index < -0.39 is 0 Å². The lowest BCUT2D eigenvalue weighted by molar-refractivity contribution is 0.0983. The van der Waals surface area contributed by atoms with Gasteiger partial charge in [-0.1, -0.05) is 37.3 Å². The average Bonchev–Trinajstić information content (AvgIpc) is 3.14. The molecule has 0 unspecified atom stereocenters. The van der Waals surface area contributed by atoms with Crippen LogP contribution in [-0.4, -0.2) is 49.1 Å². The summed E-state index contributed by atoms with van der Waals surface area (Å²) in [7, 11) is 1.62. The molecule has 0 spiro atoms. The monoisotopic (exact) mass is 383 g/mol. The SMILES string of the molecule is CCN(CC)CCN(C(=O)c1ccc(OC)cc1)c1nc2ccccc2s1. The summed E-state index contributed by atoms with van der Waals surface area (Å²) >= 11 is 1.55. The summed E-state index contributed by atoms with van der Waals surface area (Å²) in [4.78, 5) is 22.1. The molecule has 0 fully saturated rings. The molecule has 0 saturated heterocycles. The minimum atomic E-state index is -0.0381. The molecular formula is C21H25N3O2S. The fourth-order valence-electron chi connectivity index (χ4n) is 2.93. The van der Waals surface area contributed by atoms with Crippen LogP contribution in [0.15, 0.2) is 48.5 Å². The molecule has 1 heterocycles. The van der Waals surface area contributed by atoms with Gasteiger partial charge in [-0.15, -0.1) is 0 Å². The Balaban J connectivity index is 1.91. The van der Waals surface area contributed by atoms with E-state index in [0.717, 1.165) is 40.7 Å². The molecule has 27 heavy (non-hydrogen) atoms. The molecule has 0 aliphatic rings. The predicted molar refractivity (Wildman–Crippen MR) is 112 cm³/mol. The second-order valence-electron chi connectivity index (χ2n) is 6.18. The maximum atomic E-state index is 13.2. The van der Waals surface area contributed by atoms with Gasteiger partial charge < -0.3 is 9.64 Å². The van der Waals surface area contributed by atoms with E-state index >= 15 is 0 Å². The molecule has 0 saturated carbocycles. The largest absolute Gasteiger partial charge is 0.497 e. The Kier molecular flexibility index (Phi) is 6.42. The van der Waals surface area contributed by atoms with Gasteiger partial charge in [0.15, 0.2) is 5.13 Å². The Morgan fingerprint density at radius 3 is 2.37 bits per heavy atom. The summed E-state index contributed by atoms with van der Waals surface area (Å²) in [5, 5.41) is 0.740. The lowest BCUT2D eigenvalue weighted by Gasteiger charge is -2.24. The first-order valence-electron chi connectivity index (χ1n) is 9.20. The van der Waals surface area contributed by atoms with Crippen LogP contribution >= 0.6 is 11.3 Å².